The average molecular weight is 234 g/mol. The normalized spacial score (nSPS) is 37.8. The number of carbonyl (C=O) groups is 1. The average Bonchev–Trinajstić information content (AvgIpc) is 2.27. The summed E-state index contributed by atoms with van der Waals surface area (Å²) in [7, 11) is 0. The highest BCUT2D eigenvalue weighted by Crippen LogP contribution is 2.64. The van der Waals surface area contributed by atoms with Crippen LogP contribution in [-0.2, 0) is 4.79 Å². The number of fused-ring (bicyclic) bond motifs is 2. The fraction of sp³-hybridized carbons (Fsp3) is 0.812. The third kappa shape index (κ3) is 1.88. The lowest BCUT2D eigenvalue weighted by Gasteiger charge is -2.63. The highest BCUT2D eigenvalue weighted by molar-refractivity contribution is 5.60. The van der Waals surface area contributed by atoms with E-state index in [1.54, 1.807) is 0 Å². The van der Waals surface area contributed by atoms with E-state index in [9.17, 15) is 4.79 Å². The van der Waals surface area contributed by atoms with Gasteiger partial charge in [0.25, 0.3) is 0 Å². The van der Waals surface area contributed by atoms with E-state index in [0.717, 1.165) is 23.8 Å². The Balaban J connectivity index is 2.20. The summed E-state index contributed by atoms with van der Waals surface area (Å²) in [6.07, 6.45) is 5.96. The molecule has 0 amide bonds. The lowest BCUT2D eigenvalue weighted by Crippen LogP contribution is -2.56. The molecule has 2 bridgehead atoms. The van der Waals surface area contributed by atoms with Crippen LogP contribution >= 0.6 is 0 Å². The third-order valence-electron chi connectivity index (χ3n) is 5.66. The van der Waals surface area contributed by atoms with E-state index in [1.807, 2.05) is 6.92 Å². The summed E-state index contributed by atoms with van der Waals surface area (Å²) in [5.41, 5.74) is 1.42. The first-order valence-corrected chi connectivity index (χ1v) is 6.92. The minimum atomic E-state index is -0.181. The fourth-order valence-electron chi connectivity index (χ4n) is 4.51. The molecule has 0 heterocycles. The van der Waals surface area contributed by atoms with Gasteiger partial charge in [-0.3, -0.25) is 0 Å². The molecule has 0 spiro atoms. The van der Waals surface area contributed by atoms with Gasteiger partial charge in [-0.2, -0.15) is 0 Å². The maximum atomic E-state index is 11.6. The van der Waals surface area contributed by atoms with Crippen LogP contribution < -0.4 is 0 Å². The van der Waals surface area contributed by atoms with Crippen molar-refractivity contribution in [3.63, 3.8) is 0 Å². The maximum Gasteiger partial charge on any atom is 0.126 e. The second-order valence-electron chi connectivity index (χ2n) is 7.30. The zero-order chi connectivity index (χ0) is 12.8. The number of hydrogen-bond donors (Lipinski definition) is 0. The van der Waals surface area contributed by atoms with Gasteiger partial charge >= 0.3 is 0 Å². The Kier molecular flexibility index (Phi) is 3.00. The van der Waals surface area contributed by atoms with E-state index < -0.39 is 0 Å². The van der Waals surface area contributed by atoms with Gasteiger partial charge in [0.1, 0.15) is 6.29 Å². The first-order valence-electron chi connectivity index (χ1n) is 6.92. The van der Waals surface area contributed by atoms with Gasteiger partial charge in [0.15, 0.2) is 0 Å². The Morgan fingerprint density at radius 1 is 1.47 bits per heavy atom. The Labute approximate surface area is 106 Å². The van der Waals surface area contributed by atoms with Crippen LogP contribution in [0.1, 0.15) is 53.4 Å². The summed E-state index contributed by atoms with van der Waals surface area (Å²) >= 11 is 0. The molecule has 0 aromatic rings. The summed E-state index contributed by atoms with van der Waals surface area (Å²) in [6.45, 7) is 13.0. The van der Waals surface area contributed by atoms with Crippen LogP contribution in [0.25, 0.3) is 0 Å². The van der Waals surface area contributed by atoms with E-state index in [0.29, 0.717) is 11.3 Å². The molecular formula is C16H26O. The SMILES string of the molecule is C=C(C)CC(C)(C=O)C1CC[C@@H]2C[C@H]1C2(C)C. The molecule has 0 aromatic heterocycles. The van der Waals surface area contributed by atoms with Gasteiger partial charge in [0.05, 0.1) is 0 Å². The fourth-order valence-corrected chi connectivity index (χ4v) is 4.51. The standard InChI is InChI=1S/C16H26O/c1-11(2)9-16(5,10-17)13-7-6-12-8-14(13)15(12,3)4/h10,12-14H,1,6-9H2,2-5H3/t12-,13?,14-,16?/m1/s1. The molecule has 1 heteroatoms. The Hall–Kier alpha value is -0.590. The van der Waals surface area contributed by atoms with E-state index >= 15 is 0 Å². The second-order valence-corrected chi connectivity index (χ2v) is 7.30. The predicted octanol–water partition coefficient (Wildman–Crippen LogP) is 4.23. The first-order chi connectivity index (χ1) is 7.81. The lowest BCUT2D eigenvalue weighted by atomic mass is 9.42. The third-order valence-corrected chi connectivity index (χ3v) is 5.66. The van der Waals surface area contributed by atoms with Crippen LogP contribution in [0.5, 0.6) is 0 Å². The molecule has 3 fully saturated rings. The highest BCUT2D eigenvalue weighted by Gasteiger charge is 2.58. The molecule has 3 saturated carbocycles. The van der Waals surface area contributed by atoms with E-state index in [4.69, 9.17) is 0 Å². The topological polar surface area (TPSA) is 17.1 Å². The minimum Gasteiger partial charge on any atom is -0.303 e. The smallest absolute Gasteiger partial charge is 0.126 e. The van der Waals surface area contributed by atoms with Crippen molar-refractivity contribution in [3.8, 4) is 0 Å². The van der Waals surface area contributed by atoms with E-state index in [1.165, 1.54) is 25.5 Å². The molecule has 4 atom stereocenters. The van der Waals surface area contributed by atoms with Gasteiger partial charge in [-0.1, -0.05) is 26.3 Å². The molecule has 96 valence electrons. The van der Waals surface area contributed by atoms with Crippen LogP contribution in [0.15, 0.2) is 12.2 Å². The molecule has 0 saturated heterocycles. The first kappa shape index (κ1) is 12.9. The molecule has 3 aliphatic carbocycles. The number of carbonyl (C=O) groups excluding carboxylic acids is 1. The summed E-state index contributed by atoms with van der Waals surface area (Å²) in [4.78, 5) is 11.6. The maximum absolute atomic E-state index is 11.6. The van der Waals surface area contributed by atoms with E-state index in [2.05, 4.69) is 27.4 Å². The number of hydrogen-bond acceptors (Lipinski definition) is 1. The Morgan fingerprint density at radius 3 is 2.53 bits per heavy atom. The van der Waals surface area contributed by atoms with Gasteiger partial charge in [-0.15, -0.1) is 6.58 Å². The molecule has 3 rings (SSSR count). The van der Waals surface area contributed by atoms with Crippen molar-refractivity contribution in [3.05, 3.63) is 12.2 Å². The summed E-state index contributed by atoms with van der Waals surface area (Å²) < 4.78 is 0. The van der Waals surface area contributed by atoms with Gasteiger partial charge in [-0.05, 0) is 55.8 Å². The predicted molar refractivity (Wildman–Crippen MR) is 71.7 cm³/mol. The summed E-state index contributed by atoms with van der Waals surface area (Å²) in [5.74, 6) is 2.22. The van der Waals surface area contributed by atoms with Crippen molar-refractivity contribution in [1.29, 1.82) is 0 Å². The zero-order valence-corrected chi connectivity index (χ0v) is 11.8. The van der Waals surface area contributed by atoms with Crippen molar-refractivity contribution in [1.82, 2.24) is 0 Å². The van der Waals surface area contributed by atoms with Crippen LogP contribution in [0.3, 0.4) is 0 Å². The van der Waals surface area contributed by atoms with Crippen molar-refractivity contribution in [2.24, 2.45) is 28.6 Å². The van der Waals surface area contributed by atoms with Gasteiger partial charge in [0.2, 0.25) is 0 Å². The zero-order valence-electron chi connectivity index (χ0n) is 11.8. The molecule has 3 aliphatic rings. The Bertz CT molecular complexity index is 339. The molecule has 2 unspecified atom stereocenters. The summed E-state index contributed by atoms with van der Waals surface area (Å²) in [6, 6.07) is 0. The van der Waals surface area contributed by atoms with Crippen LogP contribution in [-0.4, -0.2) is 6.29 Å². The van der Waals surface area contributed by atoms with Gasteiger partial charge in [0, 0.05) is 5.41 Å². The molecular weight excluding hydrogens is 208 g/mol. The molecule has 1 nitrogen and oxygen atoms in total. The quantitative estimate of drug-likeness (QED) is 0.525. The Morgan fingerprint density at radius 2 is 2.12 bits per heavy atom. The largest absolute Gasteiger partial charge is 0.303 e. The van der Waals surface area contributed by atoms with Crippen LogP contribution in [0.2, 0.25) is 0 Å². The molecule has 17 heavy (non-hydrogen) atoms. The van der Waals surface area contributed by atoms with Crippen molar-refractivity contribution < 1.29 is 4.79 Å². The van der Waals surface area contributed by atoms with Crippen molar-refractivity contribution in [2.75, 3.05) is 0 Å². The van der Waals surface area contributed by atoms with Crippen molar-refractivity contribution in [2.45, 2.75) is 53.4 Å². The lowest BCUT2D eigenvalue weighted by molar-refractivity contribution is -0.150. The van der Waals surface area contributed by atoms with Crippen LogP contribution in [0.4, 0.5) is 0 Å². The van der Waals surface area contributed by atoms with Crippen molar-refractivity contribution >= 4 is 6.29 Å². The molecule has 0 aromatic carbocycles. The minimum absolute atomic E-state index is 0.181. The van der Waals surface area contributed by atoms with Crippen LogP contribution in [0, 0.1) is 28.6 Å². The van der Waals surface area contributed by atoms with Gasteiger partial charge in [-0.25, -0.2) is 0 Å². The number of aldehydes is 1. The summed E-state index contributed by atoms with van der Waals surface area (Å²) in [5, 5.41) is 0. The molecule has 0 aliphatic heterocycles. The number of allylic oxidation sites excluding steroid dienone is 1. The van der Waals surface area contributed by atoms with Gasteiger partial charge < -0.3 is 4.79 Å². The van der Waals surface area contributed by atoms with E-state index in [-0.39, 0.29) is 5.41 Å². The second kappa shape index (κ2) is 3.96. The molecule has 0 N–H and O–H groups in total. The molecule has 0 radical (unpaired) electrons. The monoisotopic (exact) mass is 234 g/mol. The number of rotatable bonds is 4. The highest BCUT2D eigenvalue weighted by atomic mass is 16.1.